The molecule has 0 unspecified atom stereocenters. The molecule has 3 heteroatoms. The van der Waals surface area contributed by atoms with E-state index in [1.807, 2.05) is 0 Å². The van der Waals surface area contributed by atoms with Gasteiger partial charge in [0.1, 0.15) is 0 Å². The molecule has 23 valence electrons. The van der Waals surface area contributed by atoms with Crippen molar-refractivity contribution >= 4 is 18.7 Å². The average Bonchev–Trinajstić information content (AvgIpc) is 1.41. The molecule has 0 aromatic heterocycles. The largest absolute Gasteiger partial charge is 0.387 e. The van der Waals surface area contributed by atoms with Crippen LogP contribution in [0.2, 0.25) is 0 Å². The normalized spacial score (nSPS) is 9.75. The van der Waals surface area contributed by atoms with E-state index in [0.717, 1.165) is 18.7 Å². The van der Waals surface area contributed by atoms with Crippen molar-refractivity contribution in [2.24, 2.45) is 0 Å². The predicted octanol–water partition coefficient (Wildman–Crippen LogP) is -0.515. The lowest BCUT2D eigenvalue weighted by Crippen LogP contribution is -1.63. The number of aliphatic hydroxyl groups is 1. The van der Waals surface area contributed by atoms with Crippen molar-refractivity contribution in [1.29, 1.82) is 1.34 Å². The Balaban J connectivity index is 2.19. The fraction of sp³-hybridized carbons (Fsp3) is 1.00. The van der Waals surface area contributed by atoms with Crippen LogP contribution in [0.5, 0.6) is 0 Å². The highest BCUT2D eigenvalue weighted by atomic mass is 32.2. The Hall–Kier alpha value is 0.375. The van der Waals surface area contributed by atoms with Crippen LogP contribution >= 0.6 is 11.6 Å². The molecular weight excluding hydrogens is 70.9 g/mol. The quantitative estimate of drug-likeness (QED) is 0.353. The molecule has 0 saturated carbocycles. The van der Waals surface area contributed by atoms with Crippen LogP contribution in [0.1, 0.15) is 0 Å². The Morgan fingerprint density at radius 1 is 2.50 bits per heavy atom. The fourth-order valence-corrected chi connectivity index (χ4v) is 0. The van der Waals surface area contributed by atoms with Crippen LogP contribution in [0.4, 0.5) is 0 Å². The molecule has 0 aromatic carbocycles. The number of rotatable bonds is 2. The molecule has 0 amide bonds. The van der Waals surface area contributed by atoms with Gasteiger partial charge >= 0.3 is 0 Å². The van der Waals surface area contributed by atoms with Crippen LogP contribution in [0.3, 0.4) is 0 Å². The molecule has 0 aliphatic heterocycles. The summed E-state index contributed by atoms with van der Waals surface area (Å²) < 4.78 is 6.28. The summed E-state index contributed by atoms with van der Waals surface area (Å²) >= 11 is 1.06. The third-order valence-corrected chi connectivity index (χ3v) is 0.224. The molecule has 0 spiro atoms. The minimum Gasteiger partial charge on any atom is -0.387 e. The second-order valence-electron chi connectivity index (χ2n) is 0.296. The van der Waals surface area contributed by atoms with E-state index in [9.17, 15) is 0 Å². The average molecular weight is 76.9 g/mol. The topological polar surface area (TPSA) is 20.2 Å². The van der Waals surface area contributed by atoms with E-state index in [0.29, 0.717) is 0 Å². The van der Waals surface area contributed by atoms with Crippen molar-refractivity contribution < 1.29 is 5.11 Å². The molecule has 0 aromatic rings. The molecule has 4 heavy (non-hydrogen) atoms. The minimum absolute atomic E-state index is 0.0174. The van der Waals surface area contributed by atoms with Crippen LogP contribution in [0.15, 0.2) is 0 Å². The monoisotopic (exact) mass is 77.0 g/mol. The van der Waals surface area contributed by atoms with Gasteiger partial charge in [-0.2, -0.15) is 11.6 Å². The Labute approximate surface area is 32.1 Å². The van der Waals surface area contributed by atoms with Gasteiger partial charge in [-0.3, -0.25) is 0 Å². The first-order valence-electron chi connectivity index (χ1n) is 1.42. The van der Waals surface area contributed by atoms with Crippen LogP contribution < -0.4 is 0 Å². The van der Waals surface area contributed by atoms with Crippen molar-refractivity contribution in [3.63, 3.8) is 0 Å². The van der Waals surface area contributed by atoms with Gasteiger partial charge in [-0.05, 0) is 1.34 Å². The van der Waals surface area contributed by atoms with Crippen molar-refractivity contribution in [2.45, 2.75) is 0 Å². The fourth-order valence-electron chi connectivity index (χ4n) is 0. The second-order valence-corrected chi connectivity index (χ2v) is 0.887. The van der Waals surface area contributed by atoms with E-state index in [2.05, 4.69) is 0 Å². The molecule has 0 saturated heterocycles. The number of aliphatic hydroxyl groups excluding tert-OH is 1. The van der Waals surface area contributed by atoms with Gasteiger partial charge in [0.2, 0.25) is 0 Å². The molecule has 0 heterocycles. The molecule has 0 atom stereocenters. The maximum atomic E-state index is 7.88. The molecule has 0 aliphatic carbocycles. The van der Waals surface area contributed by atoms with Gasteiger partial charge in [-0.25, -0.2) is 0 Å². The third kappa shape index (κ3) is 2.37. The highest BCUT2D eigenvalue weighted by Crippen LogP contribution is 1.78. The van der Waals surface area contributed by atoms with Crippen LogP contribution in [-0.2, 0) is 0 Å². The highest BCUT2D eigenvalue weighted by molar-refractivity contribution is 8.19. The van der Waals surface area contributed by atoms with E-state index in [4.69, 9.17) is 6.44 Å². The first-order chi connectivity index (χ1) is 2.41. The summed E-state index contributed by atoms with van der Waals surface area (Å²) in [7, 11) is 1.10. The van der Waals surface area contributed by atoms with Gasteiger partial charge in [0.25, 0.3) is 0 Å². The zero-order valence-electron chi connectivity index (χ0n) is 3.14. The van der Waals surface area contributed by atoms with E-state index < -0.39 is 0 Å². The Morgan fingerprint density at radius 2 is 3.25 bits per heavy atom. The lowest BCUT2D eigenvalue weighted by molar-refractivity contribution is 0.376. The summed E-state index contributed by atoms with van der Waals surface area (Å²) in [4.78, 5) is 0. The van der Waals surface area contributed by atoms with E-state index in [1.54, 1.807) is 0 Å². The van der Waals surface area contributed by atoms with E-state index in [1.165, 1.54) is 0 Å². The summed E-state index contributed by atoms with van der Waals surface area (Å²) in [6.07, 6.45) is 0. The van der Waals surface area contributed by atoms with Crippen molar-refractivity contribution in [1.82, 2.24) is 0 Å². The van der Waals surface area contributed by atoms with Crippen LogP contribution in [0, 0.1) is 0 Å². The van der Waals surface area contributed by atoms with E-state index in [-0.39, 0.29) is 5.94 Å². The number of hydrogen-bond donors (Lipinski definition) is 1. The maximum absolute atomic E-state index is 7.88. The first kappa shape index (κ1) is 2.60. The standard InChI is InChI=1S/CH4BOS/c2-4-1-3/h2-3H,1H2/i2T. The summed E-state index contributed by atoms with van der Waals surface area (Å²) in [6.45, 7) is 0. The molecule has 0 bridgehead atoms. The van der Waals surface area contributed by atoms with Gasteiger partial charge in [-0.15, -0.1) is 0 Å². The summed E-state index contributed by atoms with van der Waals surface area (Å²) in [5, 5.41) is 7.88. The van der Waals surface area contributed by atoms with Gasteiger partial charge < -0.3 is 5.11 Å². The Bertz CT molecular complexity index is 19.1. The summed E-state index contributed by atoms with van der Waals surface area (Å²) in [6, 6.07) is 0. The SMILES string of the molecule is [3H][B]SCO. The Kier molecular flexibility index (Phi) is 2.20. The van der Waals surface area contributed by atoms with Crippen LogP contribution in [-0.4, -0.2) is 19.5 Å². The minimum atomic E-state index is 0.0174. The van der Waals surface area contributed by atoms with Gasteiger partial charge in [-0.1, -0.05) is 0 Å². The highest BCUT2D eigenvalue weighted by Gasteiger charge is 1.56. The van der Waals surface area contributed by atoms with E-state index >= 15 is 0 Å². The molecular formula is CH4BOS. The van der Waals surface area contributed by atoms with Gasteiger partial charge in [0.15, 0.2) is 7.09 Å². The van der Waals surface area contributed by atoms with Gasteiger partial charge in [0.05, 0.1) is 5.94 Å². The summed E-state index contributed by atoms with van der Waals surface area (Å²) in [5.74, 6) is 0.0174. The molecule has 1 radical (unpaired) electrons. The Morgan fingerprint density at radius 3 is 3.25 bits per heavy atom. The zero-order valence-corrected chi connectivity index (χ0v) is 2.96. The first-order valence-corrected chi connectivity index (χ1v) is 1.89. The molecule has 1 nitrogen and oxygen atoms in total. The van der Waals surface area contributed by atoms with Gasteiger partial charge in [0, 0.05) is 0 Å². The second kappa shape index (κ2) is 3.37. The molecule has 0 rings (SSSR count). The van der Waals surface area contributed by atoms with Crippen LogP contribution in [0.25, 0.3) is 0 Å². The smallest absolute Gasteiger partial charge is 0.173 e. The predicted molar refractivity (Wildman–Crippen MR) is 21.8 cm³/mol. The molecule has 1 N–H and O–H groups in total. The van der Waals surface area contributed by atoms with Crippen molar-refractivity contribution in [2.75, 3.05) is 5.94 Å². The third-order valence-electron chi connectivity index (χ3n) is 0.0745. The summed E-state index contributed by atoms with van der Waals surface area (Å²) in [5.41, 5.74) is 0. The maximum Gasteiger partial charge on any atom is 0.173 e. The van der Waals surface area contributed by atoms with Crippen molar-refractivity contribution in [3.8, 4) is 0 Å². The lowest BCUT2D eigenvalue weighted by Gasteiger charge is -1.70. The number of hydrogen-bond acceptors (Lipinski definition) is 2. The lowest BCUT2D eigenvalue weighted by atomic mass is 10.8. The molecule has 0 aliphatic rings. The molecule has 0 fully saturated rings. The zero-order chi connectivity index (χ0) is 4.12. The van der Waals surface area contributed by atoms with Crippen molar-refractivity contribution in [3.05, 3.63) is 0 Å².